The number of methoxy groups -OCH3 is 2. The molecule has 0 saturated carbocycles. The molecule has 0 bridgehead atoms. The van der Waals surface area contributed by atoms with Crippen LogP contribution in [0.4, 0.5) is 0 Å². The summed E-state index contributed by atoms with van der Waals surface area (Å²) < 4.78 is 16.5. The lowest BCUT2D eigenvalue weighted by molar-refractivity contribution is 0.393. The Labute approximate surface area is 173 Å². The molecule has 6 nitrogen and oxygen atoms in total. The molecule has 0 spiro atoms. The van der Waals surface area contributed by atoms with E-state index in [0.717, 1.165) is 33.2 Å². The fourth-order valence-electron chi connectivity index (χ4n) is 3.06. The molecule has 0 saturated heterocycles. The highest BCUT2D eigenvalue weighted by Crippen LogP contribution is 2.25. The predicted octanol–water partition coefficient (Wildman–Crippen LogP) is 4.46. The summed E-state index contributed by atoms with van der Waals surface area (Å²) in [7, 11) is 3.27. The van der Waals surface area contributed by atoms with E-state index < -0.39 is 0 Å². The molecule has 0 atom stereocenters. The van der Waals surface area contributed by atoms with Crippen LogP contribution >= 0.6 is 12.2 Å². The summed E-state index contributed by atoms with van der Waals surface area (Å²) >= 11 is 5.62. The summed E-state index contributed by atoms with van der Waals surface area (Å²) in [5.41, 5.74) is 3.98. The number of ether oxygens (including phenoxy) is 2. The van der Waals surface area contributed by atoms with Gasteiger partial charge in [-0.2, -0.15) is 4.98 Å². The van der Waals surface area contributed by atoms with Gasteiger partial charge in [-0.1, -0.05) is 12.2 Å². The molecular formula is C22H19N3O3S. The maximum absolute atomic E-state index is 5.80. The first-order valence-electron chi connectivity index (χ1n) is 9.05. The van der Waals surface area contributed by atoms with Crippen molar-refractivity contribution in [2.45, 2.75) is 12.8 Å². The second-order valence-electron chi connectivity index (χ2n) is 6.49. The standard InChI is InChI=1S/C22H19N3O3S/c1-26-17-8-14(9-18(13-17)27-2)10-19(29)12-16-11-15(5-7-23-16)22-25-21-20(28-22)4-3-6-24-21/h3-9,11,13H,10,12H2,1-2H3. The van der Waals surface area contributed by atoms with Crippen molar-refractivity contribution in [3.8, 4) is 23.0 Å². The van der Waals surface area contributed by atoms with Gasteiger partial charge in [-0.05, 0) is 42.0 Å². The lowest BCUT2D eigenvalue weighted by Gasteiger charge is -2.09. The Kier molecular flexibility index (Phi) is 5.48. The van der Waals surface area contributed by atoms with Crippen molar-refractivity contribution in [1.82, 2.24) is 15.0 Å². The topological polar surface area (TPSA) is 70.3 Å². The first-order valence-corrected chi connectivity index (χ1v) is 9.46. The zero-order chi connectivity index (χ0) is 20.2. The third-order valence-corrected chi connectivity index (χ3v) is 4.71. The van der Waals surface area contributed by atoms with Crippen LogP contribution in [-0.4, -0.2) is 34.0 Å². The minimum absolute atomic E-state index is 0.519. The number of pyridine rings is 2. The van der Waals surface area contributed by atoms with Gasteiger partial charge in [-0.25, -0.2) is 4.98 Å². The molecular weight excluding hydrogens is 386 g/mol. The number of rotatable bonds is 7. The van der Waals surface area contributed by atoms with Crippen molar-refractivity contribution in [3.63, 3.8) is 0 Å². The molecule has 146 valence electrons. The van der Waals surface area contributed by atoms with Crippen LogP contribution < -0.4 is 9.47 Å². The van der Waals surface area contributed by atoms with E-state index >= 15 is 0 Å². The predicted molar refractivity (Wildman–Crippen MR) is 115 cm³/mol. The van der Waals surface area contributed by atoms with Crippen molar-refractivity contribution in [1.29, 1.82) is 0 Å². The van der Waals surface area contributed by atoms with Gasteiger partial charge in [-0.15, -0.1) is 0 Å². The van der Waals surface area contributed by atoms with E-state index in [0.29, 0.717) is 30.0 Å². The molecule has 4 rings (SSSR count). The minimum atomic E-state index is 0.519. The number of nitrogens with zero attached hydrogens (tertiary/aromatic N) is 3. The summed E-state index contributed by atoms with van der Waals surface area (Å²) in [4.78, 5) is 14.0. The Morgan fingerprint density at radius 2 is 1.76 bits per heavy atom. The largest absolute Gasteiger partial charge is 0.497 e. The Morgan fingerprint density at radius 1 is 0.966 bits per heavy atom. The smallest absolute Gasteiger partial charge is 0.229 e. The minimum Gasteiger partial charge on any atom is -0.497 e. The molecule has 29 heavy (non-hydrogen) atoms. The molecule has 3 aromatic heterocycles. The van der Waals surface area contributed by atoms with Crippen LogP contribution in [0.2, 0.25) is 0 Å². The molecule has 3 heterocycles. The van der Waals surface area contributed by atoms with E-state index in [2.05, 4.69) is 15.0 Å². The van der Waals surface area contributed by atoms with E-state index in [1.54, 1.807) is 26.6 Å². The number of oxazole rings is 1. The third-order valence-electron chi connectivity index (χ3n) is 4.42. The first-order chi connectivity index (χ1) is 14.1. The van der Waals surface area contributed by atoms with Gasteiger partial charge in [0.2, 0.25) is 5.89 Å². The van der Waals surface area contributed by atoms with Crippen LogP contribution in [0, 0.1) is 0 Å². The Morgan fingerprint density at radius 3 is 2.48 bits per heavy atom. The second-order valence-corrected chi connectivity index (χ2v) is 7.07. The van der Waals surface area contributed by atoms with Crippen LogP contribution in [0.5, 0.6) is 11.5 Å². The zero-order valence-corrected chi connectivity index (χ0v) is 16.9. The van der Waals surface area contributed by atoms with Crippen LogP contribution in [0.25, 0.3) is 22.7 Å². The summed E-state index contributed by atoms with van der Waals surface area (Å²) in [6.07, 6.45) is 4.63. The molecule has 7 heteroatoms. The molecule has 1 aromatic carbocycles. The molecule has 4 aromatic rings. The van der Waals surface area contributed by atoms with Gasteiger partial charge in [0, 0.05) is 47.4 Å². The van der Waals surface area contributed by atoms with Gasteiger partial charge in [0.25, 0.3) is 0 Å². The van der Waals surface area contributed by atoms with Crippen molar-refractivity contribution < 1.29 is 13.9 Å². The number of hydrogen-bond donors (Lipinski definition) is 0. The highest BCUT2D eigenvalue weighted by atomic mass is 32.1. The van der Waals surface area contributed by atoms with Crippen molar-refractivity contribution in [2.24, 2.45) is 0 Å². The zero-order valence-electron chi connectivity index (χ0n) is 16.1. The maximum atomic E-state index is 5.80. The summed E-state index contributed by atoms with van der Waals surface area (Å²) in [5, 5.41) is 0. The number of benzene rings is 1. The summed E-state index contributed by atoms with van der Waals surface area (Å²) in [6, 6.07) is 13.2. The monoisotopic (exact) mass is 405 g/mol. The van der Waals surface area contributed by atoms with Gasteiger partial charge in [0.05, 0.1) is 14.2 Å². The quantitative estimate of drug-likeness (QED) is 0.421. The second kappa shape index (κ2) is 8.36. The van der Waals surface area contributed by atoms with E-state index in [-0.39, 0.29) is 0 Å². The number of hydrogen-bond acceptors (Lipinski definition) is 7. The van der Waals surface area contributed by atoms with E-state index in [9.17, 15) is 0 Å². The van der Waals surface area contributed by atoms with Gasteiger partial charge in [-0.3, -0.25) is 4.98 Å². The molecule has 0 N–H and O–H groups in total. The molecule has 0 radical (unpaired) electrons. The lowest BCUT2D eigenvalue weighted by atomic mass is 10.0. The summed E-state index contributed by atoms with van der Waals surface area (Å²) in [5.74, 6) is 2.00. The average Bonchev–Trinajstić information content (AvgIpc) is 3.18. The van der Waals surface area contributed by atoms with Gasteiger partial charge >= 0.3 is 0 Å². The van der Waals surface area contributed by atoms with Crippen molar-refractivity contribution in [3.05, 3.63) is 66.1 Å². The molecule has 0 fully saturated rings. The molecule has 0 unspecified atom stereocenters. The SMILES string of the molecule is COc1cc(CC(=S)Cc2cc(-c3nc4ncccc4o3)ccn2)cc(OC)c1. The molecule has 0 amide bonds. The average molecular weight is 405 g/mol. The Hall–Kier alpha value is -3.32. The van der Waals surface area contributed by atoms with E-state index in [1.807, 2.05) is 42.5 Å². The first kappa shape index (κ1) is 19.0. The Bertz CT molecular complexity index is 1120. The highest BCUT2D eigenvalue weighted by molar-refractivity contribution is 7.80. The molecule has 0 aliphatic rings. The fraction of sp³-hybridized carbons (Fsp3) is 0.182. The van der Waals surface area contributed by atoms with Crippen LogP contribution in [0.15, 0.2) is 59.3 Å². The van der Waals surface area contributed by atoms with Crippen LogP contribution in [0.3, 0.4) is 0 Å². The van der Waals surface area contributed by atoms with Gasteiger partial charge < -0.3 is 13.9 Å². The number of fused-ring (bicyclic) bond motifs is 1. The highest BCUT2D eigenvalue weighted by Gasteiger charge is 2.11. The molecule has 0 aliphatic carbocycles. The Balaban J connectivity index is 1.51. The van der Waals surface area contributed by atoms with Gasteiger partial charge in [0.15, 0.2) is 11.2 Å². The van der Waals surface area contributed by atoms with Crippen molar-refractivity contribution >= 4 is 28.3 Å². The lowest BCUT2D eigenvalue weighted by Crippen LogP contribution is -2.06. The third kappa shape index (κ3) is 4.41. The maximum Gasteiger partial charge on any atom is 0.229 e. The normalized spacial score (nSPS) is 10.8. The van der Waals surface area contributed by atoms with Crippen LogP contribution in [-0.2, 0) is 12.8 Å². The van der Waals surface area contributed by atoms with E-state index in [1.165, 1.54) is 0 Å². The molecule has 0 aliphatic heterocycles. The van der Waals surface area contributed by atoms with Gasteiger partial charge in [0.1, 0.15) is 11.5 Å². The summed E-state index contributed by atoms with van der Waals surface area (Å²) in [6.45, 7) is 0. The fourth-order valence-corrected chi connectivity index (χ4v) is 3.38. The van der Waals surface area contributed by atoms with Crippen molar-refractivity contribution in [2.75, 3.05) is 14.2 Å². The van der Waals surface area contributed by atoms with Crippen LogP contribution in [0.1, 0.15) is 11.3 Å². The number of thiocarbonyl (C=S) groups is 1. The van der Waals surface area contributed by atoms with E-state index in [4.69, 9.17) is 26.1 Å². The number of aromatic nitrogens is 3.